The van der Waals surface area contributed by atoms with Gasteiger partial charge in [0, 0.05) is 0 Å². The Hall–Kier alpha value is -0.840. The van der Waals surface area contributed by atoms with E-state index in [0.717, 1.165) is 50.5 Å². The van der Waals surface area contributed by atoms with E-state index in [-0.39, 0.29) is 39.8 Å². The predicted molar refractivity (Wildman–Crippen MR) is 168 cm³/mol. The Morgan fingerprint density at radius 3 is 2.20 bits per heavy atom. The zero-order valence-corrected chi connectivity index (χ0v) is 28.1. The lowest BCUT2D eigenvalue weighted by Gasteiger charge is -2.70. The summed E-state index contributed by atoms with van der Waals surface area (Å²) in [6, 6.07) is 0. The first-order valence-corrected chi connectivity index (χ1v) is 17.1. The molecule has 15 atom stereocenters. The molecule has 5 fully saturated rings. The molecule has 0 amide bonds. The first-order valence-electron chi connectivity index (χ1n) is 17.1. The molecule has 252 valence electrons. The molecule has 4 saturated carbocycles. The van der Waals surface area contributed by atoms with Gasteiger partial charge >= 0.3 is 0 Å². The van der Waals surface area contributed by atoms with Crippen molar-refractivity contribution in [2.45, 2.75) is 149 Å². The van der Waals surface area contributed by atoms with Crippen LogP contribution in [0.5, 0.6) is 0 Å². The summed E-state index contributed by atoms with van der Waals surface area (Å²) in [5, 5.41) is 63.3. The lowest BCUT2D eigenvalue weighted by Crippen LogP contribution is -2.67. The van der Waals surface area contributed by atoms with Crippen LogP contribution in [0.4, 0.5) is 0 Å². The summed E-state index contributed by atoms with van der Waals surface area (Å²) in [6.45, 7) is 19.4. The molecule has 1 aliphatic heterocycles. The molecule has 0 aromatic carbocycles. The van der Waals surface area contributed by atoms with E-state index in [9.17, 15) is 30.6 Å². The Kier molecular flexibility index (Phi) is 9.40. The van der Waals surface area contributed by atoms with Crippen LogP contribution >= 0.6 is 0 Å². The standard InChI is InChI=1S/C36H60O8/c1-19(2)22(38)10-9-20(3)21-11-15-36(8)28(21)23(39)17-26-34(6)14-13-27(33(4,5)25(34)12-16-35(26,36)7)44-32-31(42)30(41)29(40)24(18-37)43-32/h9,21-32,37-42H,1,10-18H2,2-8H3/b20-9+/t21-,22+,23-,24-,25+,26-,27+,28+,29-,30+,31-,32+,34+,35-,36-/m1/s1. The monoisotopic (exact) mass is 620 g/mol. The van der Waals surface area contributed by atoms with Crippen molar-refractivity contribution >= 4 is 0 Å². The fourth-order valence-electron chi connectivity index (χ4n) is 11.5. The van der Waals surface area contributed by atoms with E-state index in [2.05, 4.69) is 54.2 Å². The molecule has 4 aliphatic carbocycles. The van der Waals surface area contributed by atoms with E-state index in [1.165, 1.54) is 5.57 Å². The van der Waals surface area contributed by atoms with Gasteiger partial charge in [0.15, 0.2) is 6.29 Å². The SMILES string of the molecule is C=C(C)[C@@H](O)C/C=C(\C)[C@H]1CC[C@]2(C)[C@@H]1[C@H](O)C[C@@H]1[C@@]3(C)CC[C@H](O[C@@H]4O[C@H](CO)[C@@H](O)[C@H](O)[C@H]4O)C(C)(C)[C@@H]3CC[C@]12C. The van der Waals surface area contributed by atoms with E-state index < -0.39 is 43.4 Å². The maximum absolute atomic E-state index is 12.0. The largest absolute Gasteiger partial charge is 0.394 e. The molecular weight excluding hydrogens is 560 g/mol. The van der Waals surface area contributed by atoms with Crippen molar-refractivity contribution in [3.05, 3.63) is 23.8 Å². The second-order valence-electron chi connectivity index (χ2n) is 16.7. The molecule has 0 aromatic rings. The van der Waals surface area contributed by atoms with Crippen LogP contribution < -0.4 is 0 Å². The Bertz CT molecular complexity index is 1100. The number of fused-ring (bicyclic) bond motifs is 5. The average Bonchev–Trinajstić information content (AvgIpc) is 3.34. The van der Waals surface area contributed by atoms with Gasteiger partial charge in [0.1, 0.15) is 24.4 Å². The lowest BCUT2D eigenvalue weighted by atomic mass is 9.35. The van der Waals surface area contributed by atoms with E-state index in [4.69, 9.17) is 9.47 Å². The molecule has 5 aliphatic rings. The Balaban J connectivity index is 1.37. The summed E-state index contributed by atoms with van der Waals surface area (Å²) in [4.78, 5) is 0. The summed E-state index contributed by atoms with van der Waals surface area (Å²) in [7, 11) is 0. The third kappa shape index (κ3) is 5.18. The highest BCUT2D eigenvalue weighted by molar-refractivity contribution is 5.23. The highest BCUT2D eigenvalue weighted by atomic mass is 16.7. The maximum Gasteiger partial charge on any atom is 0.186 e. The number of aliphatic hydroxyl groups is 6. The van der Waals surface area contributed by atoms with Crippen molar-refractivity contribution in [2.24, 2.45) is 45.3 Å². The molecule has 5 rings (SSSR count). The molecule has 8 heteroatoms. The van der Waals surface area contributed by atoms with Crippen molar-refractivity contribution in [1.29, 1.82) is 0 Å². The zero-order chi connectivity index (χ0) is 32.6. The Morgan fingerprint density at radius 2 is 1.57 bits per heavy atom. The van der Waals surface area contributed by atoms with Crippen LogP contribution in [0, 0.1) is 45.3 Å². The van der Waals surface area contributed by atoms with Gasteiger partial charge in [-0.2, -0.15) is 0 Å². The first kappa shape index (κ1) is 34.5. The van der Waals surface area contributed by atoms with Gasteiger partial charge in [-0.05, 0) is 111 Å². The first-order chi connectivity index (χ1) is 20.4. The van der Waals surface area contributed by atoms with Crippen LogP contribution in [-0.4, -0.2) is 86.3 Å². The minimum atomic E-state index is -1.46. The van der Waals surface area contributed by atoms with E-state index in [1.54, 1.807) is 0 Å². The second kappa shape index (κ2) is 12.0. The summed E-state index contributed by atoms with van der Waals surface area (Å²) >= 11 is 0. The highest BCUT2D eigenvalue weighted by Gasteiger charge is 2.70. The van der Waals surface area contributed by atoms with Crippen molar-refractivity contribution in [1.82, 2.24) is 0 Å². The molecule has 44 heavy (non-hydrogen) atoms. The fraction of sp³-hybridized carbons (Fsp3) is 0.889. The molecule has 0 unspecified atom stereocenters. The number of aliphatic hydroxyl groups excluding tert-OH is 6. The van der Waals surface area contributed by atoms with Gasteiger partial charge in [-0.3, -0.25) is 0 Å². The second-order valence-corrected chi connectivity index (χ2v) is 16.7. The van der Waals surface area contributed by atoms with Crippen LogP contribution in [0.1, 0.15) is 99.8 Å². The molecule has 6 N–H and O–H groups in total. The third-order valence-electron chi connectivity index (χ3n) is 14.3. The van der Waals surface area contributed by atoms with Gasteiger partial charge < -0.3 is 40.1 Å². The predicted octanol–water partition coefficient (Wildman–Crippen LogP) is 4.10. The molecule has 0 bridgehead atoms. The van der Waals surface area contributed by atoms with Gasteiger partial charge in [-0.1, -0.05) is 58.4 Å². The number of rotatable bonds is 7. The van der Waals surface area contributed by atoms with Crippen molar-refractivity contribution in [2.75, 3.05) is 6.61 Å². The Labute approximate surface area is 264 Å². The van der Waals surface area contributed by atoms with Gasteiger partial charge in [0.05, 0.1) is 24.9 Å². The summed E-state index contributed by atoms with van der Waals surface area (Å²) < 4.78 is 12.2. The van der Waals surface area contributed by atoms with Gasteiger partial charge in [-0.15, -0.1) is 0 Å². The molecule has 0 aromatic heterocycles. The average molecular weight is 621 g/mol. The summed E-state index contributed by atoms with van der Waals surface area (Å²) in [5.41, 5.74) is 1.87. The van der Waals surface area contributed by atoms with Crippen LogP contribution in [-0.2, 0) is 9.47 Å². The number of hydrogen-bond acceptors (Lipinski definition) is 8. The lowest BCUT2D eigenvalue weighted by molar-refractivity contribution is -0.331. The van der Waals surface area contributed by atoms with Crippen LogP contribution in [0.15, 0.2) is 23.8 Å². The van der Waals surface area contributed by atoms with Crippen molar-refractivity contribution in [3.8, 4) is 0 Å². The third-order valence-corrected chi connectivity index (χ3v) is 14.3. The number of hydrogen-bond donors (Lipinski definition) is 6. The normalized spacial score (nSPS) is 51.2. The molecular formula is C36H60O8. The van der Waals surface area contributed by atoms with Crippen molar-refractivity contribution < 1.29 is 40.1 Å². The minimum absolute atomic E-state index is 0.00384. The van der Waals surface area contributed by atoms with E-state index in [1.807, 2.05) is 6.92 Å². The molecule has 1 saturated heterocycles. The van der Waals surface area contributed by atoms with Crippen molar-refractivity contribution in [3.63, 3.8) is 0 Å². The highest BCUT2D eigenvalue weighted by Crippen LogP contribution is 2.75. The smallest absolute Gasteiger partial charge is 0.186 e. The molecule has 1 heterocycles. The molecule has 0 spiro atoms. The van der Waals surface area contributed by atoms with Gasteiger partial charge in [0.2, 0.25) is 0 Å². The number of allylic oxidation sites excluding steroid dienone is 1. The molecule has 8 nitrogen and oxygen atoms in total. The maximum atomic E-state index is 12.0. The number of ether oxygens (including phenoxy) is 2. The van der Waals surface area contributed by atoms with Crippen LogP contribution in [0.25, 0.3) is 0 Å². The van der Waals surface area contributed by atoms with Gasteiger partial charge in [-0.25, -0.2) is 0 Å². The Morgan fingerprint density at radius 1 is 0.909 bits per heavy atom. The minimum Gasteiger partial charge on any atom is -0.394 e. The van der Waals surface area contributed by atoms with E-state index >= 15 is 0 Å². The zero-order valence-electron chi connectivity index (χ0n) is 28.1. The van der Waals surface area contributed by atoms with Crippen LogP contribution in [0.3, 0.4) is 0 Å². The summed E-state index contributed by atoms with van der Waals surface area (Å²) in [5.74, 6) is 1.19. The van der Waals surface area contributed by atoms with Crippen LogP contribution in [0.2, 0.25) is 0 Å². The topological polar surface area (TPSA) is 140 Å². The van der Waals surface area contributed by atoms with Gasteiger partial charge in [0.25, 0.3) is 0 Å². The fourth-order valence-corrected chi connectivity index (χ4v) is 11.5. The van der Waals surface area contributed by atoms with E-state index in [0.29, 0.717) is 24.2 Å². The molecule has 0 radical (unpaired) electrons. The quantitative estimate of drug-likeness (QED) is 0.185. The summed E-state index contributed by atoms with van der Waals surface area (Å²) in [6.07, 6.45) is 1.95.